The molecular weight excluding hydrogens is 385 g/mol. The molecule has 10 heteroatoms. The van der Waals surface area contributed by atoms with Gasteiger partial charge in [-0.15, -0.1) is 0 Å². The van der Waals surface area contributed by atoms with Gasteiger partial charge in [-0.2, -0.15) is 22.5 Å². The standard InChI is InChI=1S/C17H14ClF3N4O2/c1-10-6-7-11(18)8-15(10)27-9-12-13(17(19,20)21)4-3-5-14(12)25-16(26)24(2)22-23-25/h3-8H,9H2,1-2H3. The lowest BCUT2D eigenvalue weighted by Gasteiger charge is -2.17. The molecule has 27 heavy (non-hydrogen) atoms. The van der Waals surface area contributed by atoms with Gasteiger partial charge < -0.3 is 4.74 Å². The normalized spacial score (nSPS) is 11.6. The molecule has 0 unspecified atom stereocenters. The van der Waals surface area contributed by atoms with Crippen LogP contribution >= 0.6 is 11.6 Å². The quantitative estimate of drug-likeness (QED) is 0.674. The van der Waals surface area contributed by atoms with E-state index in [1.807, 2.05) is 0 Å². The Labute approximate surface area is 156 Å². The zero-order valence-corrected chi connectivity index (χ0v) is 15.0. The van der Waals surface area contributed by atoms with E-state index in [0.717, 1.165) is 15.4 Å². The fourth-order valence-corrected chi connectivity index (χ4v) is 2.70. The minimum Gasteiger partial charge on any atom is -0.488 e. The highest BCUT2D eigenvalue weighted by Crippen LogP contribution is 2.35. The molecule has 0 saturated carbocycles. The second-order valence-electron chi connectivity index (χ2n) is 5.80. The number of aromatic nitrogens is 4. The molecule has 1 heterocycles. The number of hydrogen-bond acceptors (Lipinski definition) is 4. The van der Waals surface area contributed by atoms with Gasteiger partial charge in [-0.1, -0.05) is 23.7 Å². The molecule has 1 aromatic heterocycles. The lowest BCUT2D eigenvalue weighted by atomic mass is 10.1. The average Bonchev–Trinajstić information content (AvgIpc) is 2.93. The summed E-state index contributed by atoms with van der Waals surface area (Å²) in [5.74, 6) is 0.344. The van der Waals surface area contributed by atoms with Gasteiger partial charge in [0.1, 0.15) is 12.4 Å². The second kappa shape index (κ2) is 7.07. The van der Waals surface area contributed by atoms with Gasteiger partial charge in [0.05, 0.1) is 11.3 Å². The lowest BCUT2D eigenvalue weighted by molar-refractivity contribution is -0.138. The van der Waals surface area contributed by atoms with Gasteiger partial charge in [-0.3, -0.25) is 0 Å². The number of aryl methyl sites for hydroxylation is 2. The van der Waals surface area contributed by atoms with Crippen molar-refractivity contribution >= 4 is 11.6 Å². The molecule has 0 saturated heterocycles. The molecule has 0 atom stereocenters. The molecule has 0 amide bonds. The number of tetrazole rings is 1. The van der Waals surface area contributed by atoms with E-state index < -0.39 is 24.0 Å². The van der Waals surface area contributed by atoms with Crippen molar-refractivity contribution in [1.82, 2.24) is 19.8 Å². The van der Waals surface area contributed by atoms with Gasteiger partial charge in [0, 0.05) is 17.6 Å². The topological polar surface area (TPSA) is 61.9 Å². The van der Waals surface area contributed by atoms with E-state index in [2.05, 4.69) is 10.4 Å². The van der Waals surface area contributed by atoms with Crippen LogP contribution in [0.2, 0.25) is 5.02 Å². The van der Waals surface area contributed by atoms with Crippen LogP contribution in [0.3, 0.4) is 0 Å². The van der Waals surface area contributed by atoms with Crippen molar-refractivity contribution in [1.29, 1.82) is 0 Å². The minimum atomic E-state index is -4.64. The van der Waals surface area contributed by atoms with Gasteiger partial charge >= 0.3 is 11.9 Å². The van der Waals surface area contributed by atoms with Gasteiger partial charge in [-0.05, 0) is 47.2 Å². The zero-order valence-electron chi connectivity index (χ0n) is 14.3. The summed E-state index contributed by atoms with van der Waals surface area (Å²) in [5, 5.41) is 7.57. The summed E-state index contributed by atoms with van der Waals surface area (Å²) in [5.41, 5.74) is -1.16. The fraction of sp³-hybridized carbons (Fsp3) is 0.235. The van der Waals surface area contributed by atoms with Crippen LogP contribution in [0.5, 0.6) is 5.75 Å². The fourth-order valence-electron chi connectivity index (χ4n) is 2.53. The van der Waals surface area contributed by atoms with Gasteiger partial charge in [0.2, 0.25) is 0 Å². The number of halogens is 4. The van der Waals surface area contributed by atoms with E-state index in [-0.39, 0.29) is 11.3 Å². The van der Waals surface area contributed by atoms with Crippen LogP contribution < -0.4 is 10.4 Å². The highest BCUT2D eigenvalue weighted by molar-refractivity contribution is 6.30. The maximum absolute atomic E-state index is 13.5. The highest BCUT2D eigenvalue weighted by atomic mass is 35.5. The average molecular weight is 399 g/mol. The van der Waals surface area contributed by atoms with Crippen LogP contribution in [-0.2, 0) is 19.8 Å². The van der Waals surface area contributed by atoms with Crippen LogP contribution in [0.1, 0.15) is 16.7 Å². The molecule has 0 aliphatic heterocycles. The second-order valence-corrected chi connectivity index (χ2v) is 6.23. The van der Waals surface area contributed by atoms with E-state index in [0.29, 0.717) is 16.3 Å². The van der Waals surface area contributed by atoms with Crippen LogP contribution in [0.25, 0.3) is 5.69 Å². The predicted molar refractivity (Wildman–Crippen MR) is 92.1 cm³/mol. The Kier molecular flexibility index (Phi) is 4.97. The Bertz CT molecular complexity index is 1040. The summed E-state index contributed by atoms with van der Waals surface area (Å²) < 4.78 is 47.9. The first-order valence-electron chi connectivity index (χ1n) is 7.76. The lowest BCUT2D eigenvalue weighted by Crippen LogP contribution is -2.24. The van der Waals surface area contributed by atoms with Crippen molar-refractivity contribution in [2.45, 2.75) is 19.7 Å². The van der Waals surface area contributed by atoms with E-state index in [1.165, 1.54) is 25.2 Å². The summed E-state index contributed by atoms with van der Waals surface area (Å²) in [6.45, 7) is 1.31. The smallest absolute Gasteiger partial charge is 0.416 e. The molecule has 142 valence electrons. The van der Waals surface area contributed by atoms with Crippen molar-refractivity contribution in [3.8, 4) is 11.4 Å². The van der Waals surface area contributed by atoms with Crippen molar-refractivity contribution in [2.24, 2.45) is 7.05 Å². The summed E-state index contributed by atoms with van der Waals surface area (Å²) in [7, 11) is 1.35. The summed E-state index contributed by atoms with van der Waals surface area (Å²) in [6, 6.07) is 8.34. The molecule has 0 fully saturated rings. The van der Waals surface area contributed by atoms with Crippen molar-refractivity contribution < 1.29 is 17.9 Å². The zero-order chi connectivity index (χ0) is 19.8. The Morgan fingerprint density at radius 2 is 1.93 bits per heavy atom. The molecule has 0 N–H and O–H groups in total. The molecule has 0 aliphatic carbocycles. The van der Waals surface area contributed by atoms with Crippen LogP contribution in [0.4, 0.5) is 13.2 Å². The number of rotatable bonds is 4. The number of alkyl halides is 3. The number of ether oxygens (including phenoxy) is 1. The number of hydrogen-bond donors (Lipinski definition) is 0. The van der Waals surface area contributed by atoms with E-state index in [9.17, 15) is 18.0 Å². The first-order valence-corrected chi connectivity index (χ1v) is 8.13. The third-order valence-corrected chi connectivity index (χ3v) is 4.16. The summed E-state index contributed by atoms with van der Waals surface area (Å²) in [4.78, 5) is 12.1. The van der Waals surface area contributed by atoms with Crippen LogP contribution in [-0.4, -0.2) is 19.8 Å². The first-order chi connectivity index (χ1) is 12.7. The van der Waals surface area contributed by atoms with Crippen molar-refractivity contribution in [3.63, 3.8) is 0 Å². The Balaban J connectivity index is 2.10. The van der Waals surface area contributed by atoms with E-state index in [1.54, 1.807) is 19.1 Å². The molecule has 2 aromatic carbocycles. The third kappa shape index (κ3) is 3.82. The van der Waals surface area contributed by atoms with Gasteiger partial charge in [-0.25, -0.2) is 4.79 Å². The largest absolute Gasteiger partial charge is 0.488 e. The Hall–Kier alpha value is -2.81. The molecule has 6 nitrogen and oxygen atoms in total. The summed E-state index contributed by atoms with van der Waals surface area (Å²) in [6.07, 6.45) is -4.64. The number of benzene rings is 2. The molecular formula is C17H14ClF3N4O2. The van der Waals surface area contributed by atoms with Crippen LogP contribution in [0, 0.1) is 6.92 Å². The maximum atomic E-state index is 13.5. The highest BCUT2D eigenvalue weighted by Gasteiger charge is 2.35. The first kappa shape index (κ1) is 19.0. The van der Waals surface area contributed by atoms with E-state index >= 15 is 0 Å². The van der Waals surface area contributed by atoms with Gasteiger partial charge in [0.15, 0.2) is 0 Å². The summed E-state index contributed by atoms with van der Waals surface area (Å²) >= 11 is 5.93. The van der Waals surface area contributed by atoms with E-state index in [4.69, 9.17) is 16.3 Å². The van der Waals surface area contributed by atoms with Crippen molar-refractivity contribution in [3.05, 3.63) is 68.6 Å². The molecule has 0 aliphatic rings. The molecule has 3 aromatic rings. The van der Waals surface area contributed by atoms with Crippen molar-refractivity contribution in [2.75, 3.05) is 0 Å². The van der Waals surface area contributed by atoms with Gasteiger partial charge in [0.25, 0.3) is 0 Å². The molecule has 3 rings (SSSR count). The third-order valence-electron chi connectivity index (χ3n) is 3.93. The molecule has 0 spiro atoms. The molecule has 0 radical (unpaired) electrons. The monoisotopic (exact) mass is 398 g/mol. The van der Waals surface area contributed by atoms with Crippen LogP contribution in [0.15, 0.2) is 41.2 Å². The Morgan fingerprint density at radius 3 is 2.56 bits per heavy atom. The molecule has 0 bridgehead atoms. The predicted octanol–water partition coefficient (Wildman–Crippen LogP) is 3.53. The Morgan fingerprint density at radius 1 is 1.19 bits per heavy atom. The SMILES string of the molecule is Cc1ccc(Cl)cc1OCc1c(-n2nnn(C)c2=O)cccc1C(F)(F)F. The number of nitrogens with zero attached hydrogens (tertiary/aromatic N) is 4. The maximum Gasteiger partial charge on any atom is 0.416 e. The minimum absolute atomic E-state index is 0.0531.